The van der Waals surface area contributed by atoms with Gasteiger partial charge in [0.2, 0.25) is 0 Å². The molecule has 0 heterocycles. The number of para-hydroxylation sites is 2. The molecule has 2 aromatic rings. The van der Waals surface area contributed by atoms with Crippen molar-refractivity contribution in [2.45, 2.75) is 0 Å². The molecule has 0 saturated heterocycles. The fourth-order valence-electron chi connectivity index (χ4n) is 1.15. The second-order valence-corrected chi connectivity index (χ2v) is 3.84. The second kappa shape index (κ2) is 5.29. The van der Waals surface area contributed by atoms with Crippen molar-refractivity contribution in [3.8, 4) is 11.5 Å². The van der Waals surface area contributed by atoms with E-state index in [9.17, 15) is 4.57 Å². The van der Waals surface area contributed by atoms with Crippen LogP contribution in [0.4, 0.5) is 0 Å². The quantitative estimate of drug-likeness (QED) is 0.753. The van der Waals surface area contributed by atoms with E-state index in [-0.39, 0.29) is 0 Å². The van der Waals surface area contributed by atoms with Crippen LogP contribution < -0.4 is 9.05 Å². The Bertz CT molecular complexity index is 413. The van der Waals surface area contributed by atoms with Gasteiger partial charge >= 0.3 is 8.25 Å². The van der Waals surface area contributed by atoms with E-state index in [1.807, 2.05) is 12.1 Å². The predicted molar refractivity (Wildman–Crippen MR) is 61.7 cm³/mol. The summed E-state index contributed by atoms with van der Waals surface area (Å²) in [6, 6.07) is 17.8. The van der Waals surface area contributed by atoms with Gasteiger partial charge in [0.05, 0.1) is 0 Å². The molecule has 0 amide bonds. The molecule has 0 aromatic heterocycles. The van der Waals surface area contributed by atoms with Crippen molar-refractivity contribution in [2.75, 3.05) is 0 Å². The van der Waals surface area contributed by atoms with Crippen LogP contribution in [0, 0.1) is 0 Å². The zero-order chi connectivity index (χ0) is 11.2. The summed E-state index contributed by atoms with van der Waals surface area (Å²) < 4.78 is 21.7. The predicted octanol–water partition coefficient (Wildman–Crippen LogP) is 3.80. The first kappa shape index (κ1) is 10.7. The van der Waals surface area contributed by atoms with E-state index in [2.05, 4.69) is 0 Å². The molecule has 0 aliphatic carbocycles. The highest BCUT2D eigenvalue weighted by molar-refractivity contribution is 7.34. The fourth-order valence-corrected chi connectivity index (χ4v) is 1.78. The van der Waals surface area contributed by atoms with E-state index in [1.54, 1.807) is 48.5 Å². The monoisotopic (exact) mass is 233 g/mol. The molecule has 0 fully saturated rings. The zero-order valence-electron chi connectivity index (χ0n) is 8.45. The maximum Gasteiger partial charge on any atom is 0.492 e. The molecule has 0 bridgehead atoms. The summed E-state index contributed by atoms with van der Waals surface area (Å²) in [6.07, 6.45) is 0. The van der Waals surface area contributed by atoms with E-state index >= 15 is 0 Å². The maximum absolute atomic E-state index is 11.5. The van der Waals surface area contributed by atoms with E-state index in [4.69, 9.17) is 9.05 Å². The highest BCUT2D eigenvalue weighted by Crippen LogP contribution is 2.29. The van der Waals surface area contributed by atoms with Crippen LogP contribution in [0.25, 0.3) is 0 Å². The highest BCUT2D eigenvalue weighted by Gasteiger charge is 2.05. The molecule has 2 aromatic carbocycles. The Labute approximate surface area is 94.6 Å². The summed E-state index contributed by atoms with van der Waals surface area (Å²) in [5.41, 5.74) is 0. The number of hydrogen-bond donors (Lipinski definition) is 0. The van der Waals surface area contributed by atoms with Crippen LogP contribution in [0.3, 0.4) is 0 Å². The Balaban J connectivity index is 1.95. The average molecular weight is 233 g/mol. The lowest BCUT2D eigenvalue weighted by Crippen LogP contribution is -1.87. The van der Waals surface area contributed by atoms with Gasteiger partial charge in [0, 0.05) is 0 Å². The molecular formula is C12H10O3P. The van der Waals surface area contributed by atoms with Crippen LogP contribution >= 0.6 is 8.25 Å². The molecule has 0 unspecified atom stereocenters. The van der Waals surface area contributed by atoms with Gasteiger partial charge in [-0.25, -0.2) is 0 Å². The van der Waals surface area contributed by atoms with Gasteiger partial charge < -0.3 is 9.05 Å². The van der Waals surface area contributed by atoms with Crippen LogP contribution in [-0.2, 0) is 4.57 Å². The van der Waals surface area contributed by atoms with Crippen molar-refractivity contribution in [1.82, 2.24) is 0 Å². The summed E-state index contributed by atoms with van der Waals surface area (Å²) in [4.78, 5) is 0. The van der Waals surface area contributed by atoms with Crippen LogP contribution in [0.5, 0.6) is 11.5 Å². The van der Waals surface area contributed by atoms with E-state index < -0.39 is 8.25 Å². The van der Waals surface area contributed by atoms with Gasteiger partial charge in [-0.3, -0.25) is 0 Å². The summed E-state index contributed by atoms with van der Waals surface area (Å²) in [5.74, 6) is 1.05. The molecule has 0 atom stereocenters. The van der Waals surface area contributed by atoms with Gasteiger partial charge in [-0.2, -0.15) is 4.57 Å². The molecule has 0 saturated carbocycles. The Morgan fingerprint density at radius 1 is 0.688 bits per heavy atom. The first-order chi connectivity index (χ1) is 7.84. The van der Waals surface area contributed by atoms with Gasteiger partial charge in [0.1, 0.15) is 11.5 Å². The van der Waals surface area contributed by atoms with Gasteiger partial charge in [0.25, 0.3) is 0 Å². The molecule has 0 N–H and O–H groups in total. The van der Waals surface area contributed by atoms with E-state index in [1.165, 1.54) is 0 Å². The smallest absolute Gasteiger partial charge is 0.389 e. The van der Waals surface area contributed by atoms with Crippen molar-refractivity contribution in [1.29, 1.82) is 0 Å². The Morgan fingerprint density at radius 2 is 1.06 bits per heavy atom. The highest BCUT2D eigenvalue weighted by atomic mass is 31.1. The van der Waals surface area contributed by atoms with E-state index in [0.717, 1.165) is 0 Å². The molecule has 81 valence electrons. The number of rotatable bonds is 4. The molecule has 0 spiro atoms. The van der Waals surface area contributed by atoms with Gasteiger partial charge in [-0.15, -0.1) is 0 Å². The summed E-state index contributed by atoms with van der Waals surface area (Å²) >= 11 is 0. The molecular weight excluding hydrogens is 223 g/mol. The fraction of sp³-hybridized carbons (Fsp3) is 0. The van der Waals surface area contributed by atoms with Gasteiger partial charge in [0.15, 0.2) is 0 Å². The topological polar surface area (TPSA) is 35.5 Å². The molecule has 3 nitrogen and oxygen atoms in total. The Hall–Kier alpha value is -1.86. The molecule has 16 heavy (non-hydrogen) atoms. The molecule has 0 aliphatic heterocycles. The molecule has 2 rings (SSSR count). The number of benzene rings is 2. The maximum atomic E-state index is 11.5. The minimum Gasteiger partial charge on any atom is -0.389 e. The lowest BCUT2D eigenvalue weighted by Gasteiger charge is -2.04. The molecule has 1 radical (unpaired) electrons. The SMILES string of the molecule is O=[P](Oc1ccccc1)Oc1ccccc1. The third kappa shape index (κ3) is 3.07. The van der Waals surface area contributed by atoms with Crippen molar-refractivity contribution >= 4 is 8.25 Å². The minimum absolute atomic E-state index is 0.527. The van der Waals surface area contributed by atoms with Crippen molar-refractivity contribution in [2.24, 2.45) is 0 Å². The zero-order valence-corrected chi connectivity index (χ0v) is 9.34. The van der Waals surface area contributed by atoms with Crippen LogP contribution in [-0.4, -0.2) is 0 Å². The lowest BCUT2D eigenvalue weighted by molar-refractivity contribution is 0.415. The van der Waals surface area contributed by atoms with Crippen molar-refractivity contribution < 1.29 is 13.6 Å². The van der Waals surface area contributed by atoms with Crippen LogP contribution in [0.1, 0.15) is 0 Å². The number of hydrogen-bond acceptors (Lipinski definition) is 3. The lowest BCUT2D eigenvalue weighted by atomic mass is 10.3. The first-order valence-electron chi connectivity index (χ1n) is 4.78. The van der Waals surface area contributed by atoms with Crippen molar-refractivity contribution in [3.05, 3.63) is 60.7 Å². The summed E-state index contributed by atoms with van der Waals surface area (Å²) in [7, 11) is -2.18. The van der Waals surface area contributed by atoms with Crippen molar-refractivity contribution in [3.63, 3.8) is 0 Å². The second-order valence-electron chi connectivity index (χ2n) is 3.03. The third-order valence-electron chi connectivity index (χ3n) is 1.85. The third-order valence-corrected chi connectivity index (χ3v) is 2.57. The molecule has 4 heteroatoms. The molecule has 0 aliphatic rings. The standard InChI is InChI=1S/C12H10O3P/c13-16(14-11-7-3-1-4-8-11)15-12-9-5-2-6-10-12/h1-10H. The first-order valence-corrected chi connectivity index (χ1v) is 5.87. The summed E-state index contributed by atoms with van der Waals surface area (Å²) in [6.45, 7) is 0. The normalized spacial score (nSPS) is 9.50. The van der Waals surface area contributed by atoms with Gasteiger partial charge in [-0.05, 0) is 24.3 Å². The van der Waals surface area contributed by atoms with Crippen LogP contribution in [0.2, 0.25) is 0 Å². The summed E-state index contributed by atoms with van der Waals surface area (Å²) in [5, 5.41) is 0. The minimum atomic E-state index is -2.18. The van der Waals surface area contributed by atoms with Gasteiger partial charge in [-0.1, -0.05) is 36.4 Å². The average Bonchev–Trinajstić information content (AvgIpc) is 2.31. The Kier molecular flexibility index (Phi) is 3.52. The largest absolute Gasteiger partial charge is 0.492 e. The Morgan fingerprint density at radius 3 is 1.44 bits per heavy atom. The van der Waals surface area contributed by atoms with E-state index in [0.29, 0.717) is 11.5 Å². The van der Waals surface area contributed by atoms with Crippen LogP contribution in [0.15, 0.2) is 60.7 Å².